The molecule has 3 aromatic rings. The van der Waals surface area contributed by atoms with Gasteiger partial charge < -0.3 is 15.1 Å². The largest absolute Gasteiger partial charge is 0.369 e. The van der Waals surface area contributed by atoms with Crippen LogP contribution in [0.3, 0.4) is 0 Å². The lowest BCUT2D eigenvalue weighted by atomic mass is 10.2. The predicted octanol–water partition coefficient (Wildman–Crippen LogP) is 4.04. The second-order valence-corrected chi connectivity index (χ2v) is 7.64. The third kappa shape index (κ3) is 3.43. The minimum Gasteiger partial charge on any atom is -0.369 e. The molecule has 1 aliphatic rings. The number of nitrogens with zero attached hydrogens (tertiary/aromatic N) is 2. The molecular formula is C20H20FN3OS. The minimum absolute atomic E-state index is 0.210. The van der Waals surface area contributed by atoms with Crippen LogP contribution >= 0.6 is 11.3 Å². The first-order valence-corrected chi connectivity index (χ1v) is 9.45. The van der Waals surface area contributed by atoms with Gasteiger partial charge in [0.1, 0.15) is 5.82 Å². The molecule has 0 aliphatic carbocycles. The van der Waals surface area contributed by atoms with Crippen molar-refractivity contribution in [2.45, 2.75) is 0 Å². The Morgan fingerprint density at radius 3 is 2.50 bits per heavy atom. The fourth-order valence-corrected chi connectivity index (χ4v) is 4.12. The molecule has 0 bridgehead atoms. The number of amides is 1. The van der Waals surface area contributed by atoms with Crippen molar-refractivity contribution in [3.63, 3.8) is 0 Å². The number of anilines is 2. The summed E-state index contributed by atoms with van der Waals surface area (Å²) in [4.78, 5) is 17.7. The van der Waals surface area contributed by atoms with E-state index in [9.17, 15) is 9.18 Å². The average molecular weight is 369 g/mol. The summed E-state index contributed by atoms with van der Waals surface area (Å²) in [5, 5.41) is 3.39. The number of fused-ring (bicyclic) bond motifs is 1. The molecule has 1 aromatic heterocycles. The zero-order valence-corrected chi connectivity index (χ0v) is 15.4. The van der Waals surface area contributed by atoms with Crippen molar-refractivity contribution in [1.82, 2.24) is 4.90 Å². The monoisotopic (exact) mass is 369 g/mol. The maximum atomic E-state index is 13.8. The number of rotatable bonds is 3. The second kappa shape index (κ2) is 7.05. The van der Waals surface area contributed by atoms with Gasteiger partial charge in [-0.15, -0.1) is 11.3 Å². The molecule has 0 unspecified atom stereocenters. The van der Waals surface area contributed by atoms with Gasteiger partial charge in [0, 0.05) is 47.6 Å². The van der Waals surface area contributed by atoms with Gasteiger partial charge in [0.25, 0.3) is 5.91 Å². The highest BCUT2D eigenvalue weighted by Gasteiger charge is 2.15. The molecule has 134 valence electrons. The number of hydrogen-bond acceptors (Lipinski definition) is 4. The van der Waals surface area contributed by atoms with E-state index in [-0.39, 0.29) is 11.7 Å². The number of benzene rings is 2. The van der Waals surface area contributed by atoms with E-state index in [1.165, 1.54) is 23.1 Å². The highest BCUT2D eigenvalue weighted by molar-refractivity contribution is 7.20. The zero-order chi connectivity index (χ0) is 18.1. The minimum atomic E-state index is -0.297. The number of carbonyl (C=O) groups is 1. The number of nitrogens with one attached hydrogen (secondary N) is 1. The number of hydrogen-bond donors (Lipinski definition) is 1. The number of likely N-dealkylation sites (N-methyl/N-ethyl adjacent to an activating group) is 1. The van der Waals surface area contributed by atoms with Crippen LogP contribution < -0.4 is 10.2 Å². The van der Waals surface area contributed by atoms with E-state index in [1.807, 2.05) is 30.3 Å². The maximum Gasteiger partial charge on any atom is 0.265 e. The molecule has 0 radical (unpaired) electrons. The van der Waals surface area contributed by atoms with Crippen LogP contribution in [-0.2, 0) is 0 Å². The molecule has 1 fully saturated rings. The highest BCUT2D eigenvalue weighted by atomic mass is 32.1. The molecule has 2 aromatic carbocycles. The molecular weight excluding hydrogens is 349 g/mol. The van der Waals surface area contributed by atoms with Crippen LogP contribution in [-0.4, -0.2) is 44.0 Å². The summed E-state index contributed by atoms with van der Waals surface area (Å²) < 4.78 is 14.6. The van der Waals surface area contributed by atoms with Crippen LogP contribution in [0.15, 0.2) is 48.5 Å². The normalized spacial score (nSPS) is 15.4. The molecule has 4 nitrogen and oxygen atoms in total. The molecule has 1 aliphatic heterocycles. The molecule has 6 heteroatoms. The Balaban J connectivity index is 1.46. The van der Waals surface area contributed by atoms with Crippen LogP contribution in [0.5, 0.6) is 0 Å². The third-order valence-corrected chi connectivity index (χ3v) is 5.82. The number of thiophene rings is 1. The first-order valence-electron chi connectivity index (χ1n) is 8.63. The molecule has 26 heavy (non-hydrogen) atoms. The predicted molar refractivity (Wildman–Crippen MR) is 106 cm³/mol. The van der Waals surface area contributed by atoms with Gasteiger partial charge in [-0.25, -0.2) is 4.39 Å². The van der Waals surface area contributed by atoms with Crippen LogP contribution in [0.25, 0.3) is 10.1 Å². The van der Waals surface area contributed by atoms with Gasteiger partial charge in [-0.3, -0.25) is 4.79 Å². The quantitative estimate of drug-likeness (QED) is 0.757. The first kappa shape index (κ1) is 17.0. The van der Waals surface area contributed by atoms with Crippen molar-refractivity contribution in [2.75, 3.05) is 43.4 Å². The smallest absolute Gasteiger partial charge is 0.265 e. The molecule has 2 heterocycles. The lowest BCUT2D eigenvalue weighted by Crippen LogP contribution is -2.44. The summed E-state index contributed by atoms with van der Waals surface area (Å²) in [6.45, 7) is 4.13. The Hall–Kier alpha value is -2.44. The van der Waals surface area contributed by atoms with Crippen LogP contribution in [0, 0.1) is 5.82 Å². The van der Waals surface area contributed by atoms with Crippen molar-refractivity contribution in [2.24, 2.45) is 0 Å². The standard InChI is InChI=1S/C20H20FN3OS/c1-23-9-11-24(12-10-23)15-7-5-14(6-8-15)22-20(25)19-13-16-17(21)3-2-4-18(16)26-19/h2-8,13H,9-12H2,1H3,(H,22,25). The number of carbonyl (C=O) groups excluding carboxylic acids is 1. The van der Waals surface area contributed by atoms with E-state index in [0.29, 0.717) is 10.3 Å². The van der Waals surface area contributed by atoms with E-state index >= 15 is 0 Å². The van der Waals surface area contributed by atoms with Gasteiger partial charge in [0.15, 0.2) is 0 Å². The Morgan fingerprint density at radius 1 is 1.08 bits per heavy atom. The van der Waals surface area contributed by atoms with Crippen molar-refractivity contribution in [3.05, 3.63) is 59.2 Å². The fourth-order valence-electron chi connectivity index (χ4n) is 3.15. The average Bonchev–Trinajstić information content (AvgIpc) is 3.09. The Kier molecular flexibility index (Phi) is 4.61. The maximum absolute atomic E-state index is 13.8. The molecule has 0 saturated carbocycles. The van der Waals surface area contributed by atoms with Gasteiger partial charge in [-0.05, 0) is 49.5 Å². The van der Waals surface area contributed by atoms with Crippen LogP contribution in [0.4, 0.5) is 15.8 Å². The summed E-state index contributed by atoms with van der Waals surface area (Å²) >= 11 is 1.30. The molecule has 1 saturated heterocycles. The summed E-state index contributed by atoms with van der Waals surface area (Å²) in [5.74, 6) is -0.507. The summed E-state index contributed by atoms with van der Waals surface area (Å²) in [7, 11) is 2.13. The van der Waals surface area contributed by atoms with Gasteiger partial charge >= 0.3 is 0 Å². The van der Waals surface area contributed by atoms with E-state index < -0.39 is 0 Å². The topological polar surface area (TPSA) is 35.6 Å². The summed E-state index contributed by atoms with van der Waals surface area (Å²) in [6.07, 6.45) is 0. The van der Waals surface area contributed by atoms with E-state index in [4.69, 9.17) is 0 Å². The molecule has 1 N–H and O–H groups in total. The van der Waals surface area contributed by atoms with Gasteiger partial charge in [-0.2, -0.15) is 0 Å². The second-order valence-electron chi connectivity index (χ2n) is 6.55. The van der Waals surface area contributed by atoms with Gasteiger partial charge in [-0.1, -0.05) is 6.07 Å². The molecule has 0 atom stereocenters. The number of halogens is 1. The van der Waals surface area contributed by atoms with Crippen molar-refractivity contribution in [3.8, 4) is 0 Å². The number of piperazine rings is 1. The first-order chi connectivity index (χ1) is 12.6. The lowest BCUT2D eigenvalue weighted by molar-refractivity contribution is 0.103. The Labute approximate surface area is 155 Å². The van der Waals surface area contributed by atoms with E-state index in [0.717, 1.165) is 36.6 Å². The molecule has 4 rings (SSSR count). The van der Waals surface area contributed by atoms with Gasteiger partial charge in [0.05, 0.1) is 4.88 Å². The Morgan fingerprint density at radius 2 is 1.81 bits per heavy atom. The highest BCUT2D eigenvalue weighted by Crippen LogP contribution is 2.28. The van der Waals surface area contributed by atoms with Gasteiger partial charge in [0.2, 0.25) is 0 Å². The molecule has 1 amide bonds. The van der Waals surface area contributed by atoms with Crippen LogP contribution in [0.1, 0.15) is 9.67 Å². The van der Waals surface area contributed by atoms with Crippen molar-refractivity contribution >= 4 is 38.7 Å². The summed E-state index contributed by atoms with van der Waals surface area (Å²) in [6, 6.07) is 14.4. The van der Waals surface area contributed by atoms with E-state index in [2.05, 4.69) is 22.2 Å². The van der Waals surface area contributed by atoms with Crippen molar-refractivity contribution in [1.29, 1.82) is 0 Å². The van der Waals surface area contributed by atoms with Crippen LogP contribution in [0.2, 0.25) is 0 Å². The molecule has 0 spiro atoms. The van der Waals surface area contributed by atoms with E-state index in [1.54, 1.807) is 12.1 Å². The van der Waals surface area contributed by atoms with Crippen molar-refractivity contribution < 1.29 is 9.18 Å². The SMILES string of the molecule is CN1CCN(c2ccc(NC(=O)c3cc4c(F)cccc4s3)cc2)CC1. The third-order valence-electron chi connectivity index (χ3n) is 4.73. The Bertz CT molecular complexity index is 930. The fraction of sp³-hybridized carbons (Fsp3) is 0.250. The lowest BCUT2D eigenvalue weighted by Gasteiger charge is -2.34. The zero-order valence-electron chi connectivity index (χ0n) is 14.5. The summed E-state index contributed by atoms with van der Waals surface area (Å²) in [5.41, 5.74) is 1.91.